The van der Waals surface area contributed by atoms with Gasteiger partial charge in [0, 0.05) is 23.8 Å². The smallest absolute Gasteiger partial charge is 0.230 e. The molecule has 2 heterocycles. The molecule has 1 aromatic carbocycles. The van der Waals surface area contributed by atoms with E-state index < -0.39 is 0 Å². The Kier molecular flexibility index (Phi) is 5.22. The number of nitrogens with zero attached hydrogens (tertiary/aromatic N) is 1. The Morgan fingerprint density at radius 2 is 2.05 bits per heavy atom. The zero-order chi connectivity index (χ0) is 13.2. The second-order valence-electron chi connectivity index (χ2n) is 5.32. The summed E-state index contributed by atoms with van der Waals surface area (Å²) < 4.78 is 0. The first-order chi connectivity index (χ1) is 9.27. The second-order valence-corrected chi connectivity index (χ2v) is 6.55. The predicted molar refractivity (Wildman–Crippen MR) is 88.8 cm³/mol. The minimum absolute atomic E-state index is 0. The van der Waals surface area contributed by atoms with Gasteiger partial charge in [0.1, 0.15) is 0 Å². The topological polar surface area (TPSA) is 46.3 Å². The Labute approximate surface area is 130 Å². The summed E-state index contributed by atoms with van der Waals surface area (Å²) in [5.41, 5.74) is 9.08. The van der Waals surface area contributed by atoms with Gasteiger partial charge in [0.15, 0.2) is 0 Å². The number of hydrogen-bond acceptors (Lipinski definition) is 3. The molecule has 110 valence electrons. The Morgan fingerprint density at radius 3 is 2.80 bits per heavy atom. The Bertz CT molecular complexity index is 489. The lowest BCUT2D eigenvalue weighted by Crippen LogP contribution is -2.40. The summed E-state index contributed by atoms with van der Waals surface area (Å²) in [5, 5.41) is 0. The number of halogens is 1. The van der Waals surface area contributed by atoms with Gasteiger partial charge in [-0.25, -0.2) is 0 Å². The van der Waals surface area contributed by atoms with E-state index in [0.29, 0.717) is 5.91 Å². The number of thioether (sulfide) groups is 1. The highest BCUT2D eigenvalue weighted by Crippen LogP contribution is 2.34. The van der Waals surface area contributed by atoms with E-state index in [1.165, 1.54) is 0 Å². The standard InChI is InChI=1S/C15H20N2OS.ClH/c16-13-4-1-5-14-12(13)3-2-8-17(14)15(18)11-6-9-19-10-7-11;/h1,4-5,11H,2-3,6-10,16H2;1H. The molecule has 1 aromatic rings. The van der Waals surface area contributed by atoms with Crippen LogP contribution in [0.1, 0.15) is 24.8 Å². The van der Waals surface area contributed by atoms with Crippen molar-refractivity contribution in [2.45, 2.75) is 25.7 Å². The lowest BCUT2D eigenvalue weighted by atomic mass is 9.96. The number of hydrogen-bond donors (Lipinski definition) is 1. The van der Waals surface area contributed by atoms with E-state index in [1.54, 1.807) is 0 Å². The number of fused-ring (bicyclic) bond motifs is 1. The fourth-order valence-corrected chi connectivity index (χ4v) is 4.15. The molecule has 2 aliphatic heterocycles. The van der Waals surface area contributed by atoms with Crippen molar-refractivity contribution in [3.63, 3.8) is 0 Å². The van der Waals surface area contributed by atoms with Crippen LogP contribution < -0.4 is 10.6 Å². The number of nitrogen functional groups attached to an aromatic ring is 1. The van der Waals surface area contributed by atoms with Crippen LogP contribution in [0.5, 0.6) is 0 Å². The third-order valence-corrected chi connectivity index (χ3v) is 5.17. The molecule has 3 rings (SSSR count). The van der Waals surface area contributed by atoms with Crippen molar-refractivity contribution >= 4 is 41.5 Å². The van der Waals surface area contributed by atoms with E-state index in [9.17, 15) is 4.79 Å². The van der Waals surface area contributed by atoms with Crippen LogP contribution in [-0.4, -0.2) is 24.0 Å². The van der Waals surface area contributed by atoms with E-state index in [-0.39, 0.29) is 18.3 Å². The number of carbonyl (C=O) groups excluding carboxylic acids is 1. The molecule has 2 N–H and O–H groups in total. The third-order valence-electron chi connectivity index (χ3n) is 4.12. The van der Waals surface area contributed by atoms with Crippen LogP contribution in [0.4, 0.5) is 11.4 Å². The van der Waals surface area contributed by atoms with E-state index >= 15 is 0 Å². The average molecular weight is 313 g/mol. The molecule has 0 unspecified atom stereocenters. The van der Waals surface area contributed by atoms with Gasteiger partial charge in [-0.05, 0) is 54.9 Å². The summed E-state index contributed by atoms with van der Waals surface area (Å²) >= 11 is 1.96. The molecule has 1 fully saturated rings. The molecular formula is C15H21ClN2OS. The summed E-state index contributed by atoms with van der Waals surface area (Å²) in [6, 6.07) is 5.93. The molecule has 2 aliphatic rings. The second kappa shape index (κ2) is 6.72. The van der Waals surface area contributed by atoms with Gasteiger partial charge in [-0.15, -0.1) is 12.4 Å². The maximum absolute atomic E-state index is 12.7. The lowest BCUT2D eigenvalue weighted by Gasteiger charge is -2.34. The first kappa shape index (κ1) is 15.5. The minimum atomic E-state index is 0. The Hall–Kier alpha value is -0.870. The molecule has 3 nitrogen and oxygen atoms in total. The Balaban J connectivity index is 0.00000147. The van der Waals surface area contributed by atoms with Crippen LogP contribution in [0.25, 0.3) is 0 Å². The highest BCUT2D eigenvalue weighted by molar-refractivity contribution is 7.99. The highest BCUT2D eigenvalue weighted by atomic mass is 35.5. The zero-order valence-corrected chi connectivity index (χ0v) is 13.1. The molecule has 1 saturated heterocycles. The van der Waals surface area contributed by atoms with E-state index in [1.807, 2.05) is 34.9 Å². The van der Waals surface area contributed by atoms with Crippen LogP contribution in [0.2, 0.25) is 0 Å². The predicted octanol–water partition coefficient (Wildman–Crippen LogP) is 3.11. The number of carbonyl (C=O) groups is 1. The molecule has 0 saturated carbocycles. The van der Waals surface area contributed by atoms with Crippen molar-refractivity contribution in [2.75, 3.05) is 28.7 Å². The number of nitrogens with two attached hydrogens (primary N) is 1. The zero-order valence-electron chi connectivity index (χ0n) is 11.5. The quantitative estimate of drug-likeness (QED) is 0.810. The van der Waals surface area contributed by atoms with E-state index in [0.717, 1.165) is 60.7 Å². The first-order valence-electron chi connectivity index (χ1n) is 7.04. The van der Waals surface area contributed by atoms with Gasteiger partial charge in [-0.2, -0.15) is 11.8 Å². The number of anilines is 2. The van der Waals surface area contributed by atoms with Gasteiger partial charge in [0.25, 0.3) is 0 Å². The van der Waals surface area contributed by atoms with Crippen LogP contribution in [-0.2, 0) is 11.2 Å². The molecule has 0 aliphatic carbocycles. The molecule has 0 atom stereocenters. The summed E-state index contributed by atoms with van der Waals surface area (Å²) in [6.07, 6.45) is 4.07. The van der Waals surface area contributed by atoms with Crippen molar-refractivity contribution in [1.82, 2.24) is 0 Å². The first-order valence-corrected chi connectivity index (χ1v) is 8.19. The fraction of sp³-hybridized carbons (Fsp3) is 0.533. The number of rotatable bonds is 1. The lowest BCUT2D eigenvalue weighted by molar-refractivity contribution is -0.122. The van der Waals surface area contributed by atoms with Crippen molar-refractivity contribution < 1.29 is 4.79 Å². The Morgan fingerprint density at radius 1 is 1.30 bits per heavy atom. The molecule has 0 radical (unpaired) electrons. The summed E-state index contributed by atoms with van der Waals surface area (Å²) in [5.74, 6) is 2.77. The third kappa shape index (κ3) is 2.91. The van der Waals surface area contributed by atoms with Gasteiger partial charge in [-0.3, -0.25) is 4.79 Å². The van der Waals surface area contributed by atoms with Crippen molar-refractivity contribution in [3.8, 4) is 0 Å². The maximum Gasteiger partial charge on any atom is 0.230 e. The van der Waals surface area contributed by atoms with Crippen LogP contribution >= 0.6 is 24.2 Å². The van der Waals surface area contributed by atoms with Crippen LogP contribution in [0, 0.1) is 5.92 Å². The SMILES string of the molecule is Cl.Nc1cccc2c1CCCN2C(=O)C1CCSCC1. The van der Waals surface area contributed by atoms with Crippen LogP contribution in [0.3, 0.4) is 0 Å². The van der Waals surface area contributed by atoms with Gasteiger partial charge < -0.3 is 10.6 Å². The van der Waals surface area contributed by atoms with Crippen molar-refractivity contribution in [1.29, 1.82) is 0 Å². The molecule has 0 spiro atoms. The molecular weight excluding hydrogens is 292 g/mol. The van der Waals surface area contributed by atoms with Crippen LogP contribution in [0.15, 0.2) is 18.2 Å². The monoisotopic (exact) mass is 312 g/mol. The van der Waals surface area contributed by atoms with Gasteiger partial charge in [0.05, 0.1) is 0 Å². The van der Waals surface area contributed by atoms with Gasteiger partial charge in [-0.1, -0.05) is 6.07 Å². The van der Waals surface area contributed by atoms with E-state index in [2.05, 4.69) is 0 Å². The summed E-state index contributed by atoms with van der Waals surface area (Å²) in [4.78, 5) is 14.7. The molecule has 20 heavy (non-hydrogen) atoms. The molecule has 1 amide bonds. The largest absolute Gasteiger partial charge is 0.398 e. The normalized spacial score (nSPS) is 19.1. The van der Waals surface area contributed by atoms with Gasteiger partial charge >= 0.3 is 0 Å². The molecule has 0 bridgehead atoms. The van der Waals surface area contributed by atoms with Gasteiger partial charge in [0.2, 0.25) is 5.91 Å². The molecule has 5 heteroatoms. The minimum Gasteiger partial charge on any atom is -0.398 e. The van der Waals surface area contributed by atoms with Crippen molar-refractivity contribution in [3.05, 3.63) is 23.8 Å². The maximum atomic E-state index is 12.7. The number of benzene rings is 1. The average Bonchev–Trinajstić information content (AvgIpc) is 2.47. The van der Waals surface area contributed by atoms with Crippen molar-refractivity contribution in [2.24, 2.45) is 5.92 Å². The summed E-state index contributed by atoms with van der Waals surface area (Å²) in [7, 11) is 0. The van der Waals surface area contributed by atoms with E-state index in [4.69, 9.17) is 5.73 Å². The summed E-state index contributed by atoms with van der Waals surface area (Å²) in [6.45, 7) is 0.846. The number of amides is 1. The highest BCUT2D eigenvalue weighted by Gasteiger charge is 2.30. The molecule has 0 aromatic heterocycles. The fourth-order valence-electron chi connectivity index (χ4n) is 3.05.